The number of benzene rings is 1. The van der Waals surface area contributed by atoms with E-state index in [0.29, 0.717) is 19.8 Å². The molecule has 1 aromatic heterocycles. The number of likely N-dealkylation sites (N-methyl/N-ethyl adjacent to an activating group) is 1. The molecule has 1 aromatic carbocycles. The number of methoxy groups -OCH3 is 1. The Bertz CT molecular complexity index is 816. The van der Waals surface area contributed by atoms with Crippen molar-refractivity contribution in [2.24, 2.45) is 0 Å². The topological polar surface area (TPSA) is 59.8 Å². The first-order valence-electron chi connectivity index (χ1n) is 9.15. The monoisotopic (exact) mass is 372 g/mol. The third kappa shape index (κ3) is 3.99. The number of carbonyl (C=O) groups is 1. The van der Waals surface area contributed by atoms with Crippen LogP contribution in [0.4, 0.5) is 0 Å². The van der Waals surface area contributed by atoms with Gasteiger partial charge in [0.05, 0.1) is 44.3 Å². The third-order valence-corrected chi connectivity index (χ3v) is 5.05. The van der Waals surface area contributed by atoms with Crippen LogP contribution < -0.4 is 4.74 Å². The Morgan fingerprint density at radius 1 is 1.37 bits per heavy atom. The summed E-state index contributed by atoms with van der Waals surface area (Å²) in [6, 6.07) is 7.86. The average Bonchev–Trinajstić information content (AvgIpc) is 2.96. The zero-order chi connectivity index (χ0) is 19.6. The standard InChI is InChI=1S/C20H28N4O3/c1-14-20(18-13-27-10-9-23(18)12-19(25)22(3)4)15(2)24(21-14)16-7-6-8-17(11-16)26-5/h6-8,11,18H,9-10,12-13H2,1-5H3/t18-/m0/s1. The molecule has 7 nitrogen and oxygen atoms in total. The van der Waals surface area contributed by atoms with E-state index in [1.165, 1.54) is 0 Å². The fourth-order valence-corrected chi connectivity index (χ4v) is 3.54. The number of hydrogen-bond donors (Lipinski definition) is 0. The first kappa shape index (κ1) is 19.4. The summed E-state index contributed by atoms with van der Waals surface area (Å²) in [5, 5.41) is 4.76. The number of morpholine rings is 1. The second kappa shape index (κ2) is 8.10. The zero-order valence-electron chi connectivity index (χ0n) is 16.7. The lowest BCUT2D eigenvalue weighted by Gasteiger charge is -2.36. The number of amides is 1. The molecule has 1 aliphatic rings. The minimum Gasteiger partial charge on any atom is -0.497 e. The normalized spacial score (nSPS) is 17.7. The van der Waals surface area contributed by atoms with Gasteiger partial charge in [0.25, 0.3) is 0 Å². The van der Waals surface area contributed by atoms with Crippen LogP contribution in [0.15, 0.2) is 24.3 Å². The van der Waals surface area contributed by atoms with Gasteiger partial charge < -0.3 is 14.4 Å². The van der Waals surface area contributed by atoms with Gasteiger partial charge in [-0.2, -0.15) is 5.10 Å². The second-order valence-corrected chi connectivity index (χ2v) is 7.05. The van der Waals surface area contributed by atoms with Crippen LogP contribution in [0.1, 0.15) is 23.0 Å². The number of aryl methyl sites for hydroxylation is 1. The number of rotatable bonds is 5. The molecule has 1 fully saturated rings. The van der Waals surface area contributed by atoms with Crippen LogP contribution in [-0.2, 0) is 9.53 Å². The summed E-state index contributed by atoms with van der Waals surface area (Å²) in [6.07, 6.45) is 0. The van der Waals surface area contributed by atoms with Crippen molar-refractivity contribution in [2.45, 2.75) is 19.9 Å². The highest BCUT2D eigenvalue weighted by atomic mass is 16.5. The molecule has 1 amide bonds. The van der Waals surface area contributed by atoms with Crippen molar-refractivity contribution in [2.75, 3.05) is 47.5 Å². The van der Waals surface area contributed by atoms with Crippen LogP contribution in [0.5, 0.6) is 5.75 Å². The van der Waals surface area contributed by atoms with Gasteiger partial charge in [0.1, 0.15) is 5.75 Å². The van der Waals surface area contributed by atoms with E-state index in [1.54, 1.807) is 26.1 Å². The molecule has 7 heteroatoms. The smallest absolute Gasteiger partial charge is 0.236 e. The van der Waals surface area contributed by atoms with Crippen molar-refractivity contribution in [3.8, 4) is 11.4 Å². The Morgan fingerprint density at radius 2 is 2.15 bits per heavy atom. The summed E-state index contributed by atoms with van der Waals surface area (Å²) in [5.74, 6) is 0.887. The lowest BCUT2D eigenvalue weighted by Crippen LogP contribution is -2.45. The maximum atomic E-state index is 12.3. The highest BCUT2D eigenvalue weighted by Crippen LogP contribution is 2.31. The van der Waals surface area contributed by atoms with Gasteiger partial charge in [-0.05, 0) is 26.0 Å². The van der Waals surface area contributed by atoms with Crippen molar-refractivity contribution in [3.63, 3.8) is 0 Å². The first-order valence-corrected chi connectivity index (χ1v) is 9.15. The molecule has 0 bridgehead atoms. The van der Waals surface area contributed by atoms with Crippen molar-refractivity contribution < 1.29 is 14.3 Å². The van der Waals surface area contributed by atoms with E-state index in [9.17, 15) is 4.79 Å². The predicted molar refractivity (Wildman–Crippen MR) is 103 cm³/mol. The van der Waals surface area contributed by atoms with E-state index in [2.05, 4.69) is 11.8 Å². The molecule has 2 heterocycles. The van der Waals surface area contributed by atoms with E-state index in [-0.39, 0.29) is 11.9 Å². The molecule has 0 saturated carbocycles. The fraction of sp³-hybridized carbons (Fsp3) is 0.500. The molecular formula is C20H28N4O3. The van der Waals surface area contributed by atoms with Crippen LogP contribution in [0.25, 0.3) is 5.69 Å². The van der Waals surface area contributed by atoms with Crippen LogP contribution in [0.3, 0.4) is 0 Å². The quantitative estimate of drug-likeness (QED) is 0.803. The minimum absolute atomic E-state index is 0.0157. The third-order valence-electron chi connectivity index (χ3n) is 5.05. The summed E-state index contributed by atoms with van der Waals surface area (Å²) in [6.45, 7) is 6.39. The molecule has 2 aromatic rings. The SMILES string of the molecule is COc1cccc(-n2nc(C)c([C@@H]3COCCN3CC(=O)N(C)C)c2C)c1. The summed E-state index contributed by atoms with van der Waals surface area (Å²) in [4.78, 5) is 16.1. The van der Waals surface area contributed by atoms with Gasteiger partial charge in [0.15, 0.2) is 0 Å². The summed E-state index contributed by atoms with van der Waals surface area (Å²) in [5.41, 5.74) is 4.09. The highest BCUT2D eigenvalue weighted by molar-refractivity contribution is 5.77. The predicted octanol–water partition coefficient (Wildman–Crippen LogP) is 1.96. The van der Waals surface area contributed by atoms with Crippen molar-refractivity contribution in [3.05, 3.63) is 41.2 Å². The van der Waals surface area contributed by atoms with E-state index < -0.39 is 0 Å². The van der Waals surface area contributed by atoms with Crippen LogP contribution in [0.2, 0.25) is 0 Å². The molecule has 1 atom stereocenters. The molecule has 0 aliphatic carbocycles. The maximum absolute atomic E-state index is 12.3. The van der Waals surface area contributed by atoms with E-state index >= 15 is 0 Å². The van der Waals surface area contributed by atoms with Crippen molar-refractivity contribution in [1.29, 1.82) is 0 Å². The van der Waals surface area contributed by atoms with Gasteiger partial charge in [0.2, 0.25) is 5.91 Å². The van der Waals surface area contributed by atoms with Crippen LogP contribution in [-0.4, -0.2) is 73.0 Å². The summed E-state index contributed by atoms with van der Waals surface area (Å²) < 4.78 is 13.0. The lowest BCUT2D eigenvalue weighted by atomic mass is 10.0. The van der Waals surface area contributed by atoms with Gasteiger partial charge >= 0.3 is 0 Å². The molecule has 27 heavy (non-hydrogen) atoms. The molecule has 1 saturated heterocycles. The molecule has 0 N–H and O–H groups in total. The lowest BCUT2D eigenvalue weighted by molar-refractivity contribution is -0.132. The molecule has 0 unspecified atom stereocenters. The Balaban J connectivity index is 1.95. The largest absolute Gasteiger partial charge is 0.497 e. The Kier molecular flexibility index (Phi) is 5.82. The molecule has 0 spiro atoms. The van der Waals surface area contributed by atoms with Crippen molar-refractivity contribution in [1.82, 2.24) is 19.6 Å². The number of carbonyl (C=O) groups excluding carboxylic acids is 1. The number of nitrogens with zero attached hydrogens (tertiary/aromatic N) is 4. The van der Waals surface area contributed by atoms with E-state index in [1.807, 2.05) is 35.9 Å². The van der Waals surface area contributed by atoms with Gasteiger partial charge in [-0.25, -0.2) is 4.68 Å². The van der Waals surface area contributed by atoms with Gasteiger partial charge in [-0.15, -0.1) is 0 Å². The zero-order valence-corrected chi connectivity index (χ0v) is 16.7. The number of ether oxygens (including phenoxy) is 2. The fourth-order valence-electron chi connectivity index (χ4n) is 3.54. The maximum Gasteiger partial charge on any atom is 0.236 e. The summed E-state index contributed by atoms with van der Waals surface area (Å²) >= 11 is 0. The van der Waals surface area contributed by atoms with Gasteiger partial charge in [0, 0.05) is 38.0 Å². The Hall–Kier alpha value is -2.38. The first-order chi connectivity index (χ1) is 12.9. The molecule has 0 radical (unpaired) electrons. The second-order valence-electron chi connectivity index (χ2n) is 7.05. The Labute approximate surface area is 160 Å². The van der Waals surface area contributed by atoms with Crippen LogP contribution >= 0.6 is 0 Å². The molecule has 3 rings (SSSR count). The highest BCUT2D eigenvalue weighted by Gasteiger charge is 2.31. The van der Waals surface area contributed by atoms with Crippen molar-refractivity contribution >= 4 is 5.91 Å². The van der Waals surface area contributed by atoms with Crippen LogP contribution in [0, 0.1) is 13.8 Å². The molecule has 146 valence electrons. The number of hydrogen-bond acceptors (Lipinski definition) is 5. The molecular weight excluding hydrogens is 344 g/mol. The molecule has 1 aliphatic heterocycles. The minimum atomic E-state index is 0.0157. The van der Waals surface area contributed by atoms with Gasteiger partial charge in [-0.3, -0.25) is 9.69 Å². The van der Waals surface area contributed by atoms with E-state index in [0.717, 1.165) is 34.9 Å². The van der Waals surface area contributed by atoms with Gasteiger partial charge in [-0.1, -0.05) is 6.07 Å². The average molecular weight is 372 g/mol. The Morgan fingerprint density at radius 3 is 2.85 bits per heavy atom. The summed E-state index contributed by atoms with van der Waals surface area (Å²) in [7, 11) is 5.23. The van der Waals surface area contributed by atoms with E-state index in [4.69, 9.17) is 14.6 Å². The number of aromatic nitrogens is 2.